The molecule has 1 aliphatic rings. The minimum absolute atomic E-state index is 0.221. The van der Waals surface area contributed by atoms with E-state index in [1.165, 1.54) is 0 Å². The average Bonchev–Trinajstić information content (AvgIpc) is 2.97. The molecule has 7 heteroatoms. The molecule has 1 aromatic heterocycles. The second kappa shape index (κ2) is 10.5. The van der Waals surface area contributed by atoms with Gasteiger partial charge in [0.2, 0.25) is 5.91 Å². The van der Waals surface area contributed by atoms with Gasteiger partial charge in [-0.05, 0) is 62.2 Å². The molecule has 0 radical (unpaired) electrons. The molecule has 1 saturated heterocycles. The molecule has 0 aliphatic carbocycles. The number of aromatic nitrogens is 1. The summed E-state index contributed by atoms with van der Waals surface area (Å²) in [6, 6.07) is 15.4. The minimum atomic E-state index is -0.296. The highest BCUT2D eigenvalue weighted by molar-refractivity contribution is 5.76. The Bertz CT molecular complexity index is 1090. The number of carbonyl (C=O) groups is 1. The Morgan fingerprint density at radius 3 is 2.62 bits per heavy atom. The van der Waals surface area contributed by atoms with E-state index >= 15 is 0 Å². The predicted molar refractivity (Wildman–Crippen MR) is 124 cm³/mol. The molecule has 0 N–H and O–H groups in total. The van der Waals surface area contributed by atoms with Crippen LogP contribution in [0.2, 0.25) is 0 Å². The number of hydrogen-bond acceptors (Lipinski definition) is 5. The number of nitrogens with zero attached hydrogens (tertiary/aromatic N) is 3. The summed E-state index contributed by atoms with van der Waals surface area (Å²) in [5.41, 5.74) is 2.63. The van der Waals surface area contributed by atoms with E-state index in [-0.39, 0.29) is 11.7 Å². The molecule has 3 aromatic rings. The standard InChI is InChI=1S/C25H31N3O4/c1-31-21-11-8-20(9-12-21)10-13-24(29)27-16-4-14-26(18-19-27)15-5-17-28-22-6-2-3-7-23(22)32-25(28)30/h2-3,6-9,11-12H,4-5,10,13-19H2,1H3. The third-order valence-electron chi connectivity index (χ3n) is 6.16. The Morgan fingerprint density at radius 2 is 1.81 bits per heavy atom. The maximum absolute atomic E-state index is 12.7. The second-order valence-corrected chi connectivity index (χ2v) is 8.26. The summed E-state index contributed by atoms with van der Waals surface area (Å²) < 4.78 is 12.2. The number of para-hydroxylation sites is 2. The summed E-state index contributed by atoms with van der Waals surface area (Å²) in [5, 5.41) is 0. The SMILES string of the molecule is COc1ccc(CCC(=O)N2CCCN(CCCn3c(=O)oc4ccccc43)CC2)cc1. The summed E-state index contributed by atoms with van der Waals surface area (Å²) in [7, 11) is 1.65. The molecule has 0 bridgehead atoms. The highest BCUT2D eigenvalue weighted by Gasteiger charge is 2.19. The van der Waals surface area contributed by atoms with E-state index in [9.17, 15) is 9.59 Å². The molecule has 1 aliphatic heterocycles. The van der Waals surface area contributed by atoms with Gasteiger partial charge in [0, 0.05) is 32.6 Å². The van der Waals surface area contributed by atoms with Gasteiger partial charge in [0.1, 0.15) is 5.75 Å². The molecular weight excluding hydrogens is 406 g/mol. The van der Waals surface area contributed by atoms with Crippen LogP contribution in [0.4, 0.5) is 0 Å². The van der Waals surface area contributed by atoms with Crippen molar-refractivity contribution in [3.05, 3.63) is 64.6 Å². The van der Waals surface area contributed by atoms with E-state index in [0.29, 0.717) is 18.5 Å². The van der Waals surface area contributed by atoms with Gasteiger partial charge in [-0.1, -0.05) is 24.3 Å². The number of methoxy groups -OCH3 is 1. The average molecular weight is 438 g/mol. The van der Waals surface area contributed by atoms with Crippen molar-refractivity contribution in [3.63, 3.8) is 0 Å². The number of carbonyl (C=O) groups excluding carboxylic acids is 1. The Kier molecular flexibility index (Phi) is 7.27. The molecule has 170 valence electrons. The third-order valence-corrected chi connectivity index (χ3v) is 6.16. The van der Waals surface area contributed by atoms with Gasteiger partial charge < -0.3 is 19.0 Å². The van der Waals surface area contributed by atoms with Crippen molar-refractivity contribution in [1.29, 1.82) is 0 Å². The molecule has 32 heavy (non-hydrogen) atoms. The lowest BCUT2D eigenvalue weighted by Gasteiger charge is -2.22. The Labute approximate surface area is 188 Å². The largest absolute Gasteiger partial charge is 0.497 e. The van der Waals surface area contributed by atoms with E-state index in [4.69, 9.17) is 9.15 Å². The Hall–Kier alpha value is -3.06. The zero-order valence-electron chi connectivity index (χ0n) is 18.7. The van der Waals surface area contributed by atoms with Crippen LogP contribution in [0.15, 0.2) is 57.7 Å². The van der Waals surface area contributed by atoms with Crippen LogP contribution in [0, 0.1) is 0 Å². The van der Waals surface area contributed by atoms with Gasteiger partial charge >= 0.3 is 5.76 Å². The second-order valence-electron chi connectivity index (χ2n) is 8.26. The monoisotopic (exact) mass is 437 g/mol. The first-order chi connectivity index (χ1) is 15.6. The number of rotatable bonds is 8. The summed E-state index contributed by atoms with van der Waals surface area (Å²) >= 11 is 0. The first-order valence-corrected chi connectivity index (χ1v) is 11.4. The van der Waals surface area contributed by atoms with Crippen LogP contribution in [-0.4, -0.2) is 60.1 Å². The molecule has 0 atom stereocenters. The molecule has 4 rings (SSSR count). The fourth-order valence-electron chi connectivity index (χ4n) is 4.32. The van der Waals surface area contributed by atoms with Crippen molar-refractivity contribution in [2.45, 2.75) is 32.2 Å². The van der Waals surface area contributed by atoms with Crippen LogP contribution in [0.5, 0.6) is 5.75 Å². The molecule has 0 unspecified atom stereocenters. The van der Waals surface area contributed by atoms with E-state index in [0.717, 1.165) is 68.8 Å². The van der Waals surface area contributed by atoms with E-state index in [1.807, 2.05) is 53.4 Å². The van der Waals surface area contributed by atoms with Crippen LogP contribution >= 0.6 is 0 Å². The van der Waals surface area contributed by atoms with E-state index in [1.54, 1.807) is 11.7 Å². The smallest absolute Gasteiger partial charge is 0.419 e. The summed E-state index contributed by atoms with van der Waals surface area (Å²) in [5.74, 6) is 0.758. The fourth-order valence-corrected chi connectivity index (χ4v) is 4.32. The Morgan fingerprint density at radius 1 is 1.00 bits per heavy atom. The van der Waals surface area contributed by atoms with Gasteiger partial charge in [-0.3, -0.25) is 9.36 Å². The summed E-state index contributed by atoms with van der Waals surface area (Å²) in [6.45, 7) is 4.95. The van der Waals surface area contributed by atoms with Crippen molar-refractivity contribution in [2.75, 3.05) is 39.8 Å². The number of amides is 1. The molecular formula is C25H31N3O4. The number of oxazole rings is 1. The van der Waals surface area contributed by atoms with Crippen molar-refractivity contribution in [1.82, 2.24) is 14.4 Å². The summed E-state index contributed by atoms with van der Waals surface area (Å²) in [4.78, 5) is 29.2. The van der Waals surface area contributed by atoms with Crippen molar-refractivity contribution < 1.29 is 13.9 Å². The Balaban J connectivity index is 1.22. The molecule has 7 nitrogen and oxygen atoms in total. The molecule has 2 heterocycles. The highest BCUT2D eigenvalue weighted by atomic mass is 16.5. The highest BCUT2D eigenvalue weighted by Crippen LogP contribution is 2.15. The quantitative estimate of drug-likeness (QED) is 0.542. The number of benzene rings is 2. The van der Waals surface area contributed by atoms with Crippen LogP contribution < -0.4 is 10.5 Å². The van der Waals surface area contributed by atoms with Gasteiger partial charge in [0.25, 0.3) is 0 Å². The minimum Gasteiger partial charge on any atom is -0.497 e. The molecule has 0 saturated carbocycles. The van der Waals surface area contributed by atoms with Gasteiger partial charge in [-0.2, -0.15) is 0 Å². The van der Waals surface area contributed by atoms with Gasteiger partial charge in [-0.15, -0.1) is 0 Å². The molecule has 2 aromatic carbocycles. The summed E-state index contributed by atoms with van der Waals surface area (Å²) in [6.07, 6.45) is 3.12. The fraction of sp³-hybridized carbons (Fsp3) is 0.440. The number of aryl methyl sites for hydroxylation is 2. The molecule has 1 amide bonds. The number of fused-ring (bicyclic) bond motifs is 1. The lowest BCUT2D eigenvalue weighted by molar-refractivity contribution is -0.131. The third kappa shape index (κ3) is 5.40. The zero-order valence-corrected chi connectivity index (χ0v) is 18.7. The van der Waals surface area contributed by atoms with E-state index < -0.39 is 0 Å². The molecule has 0 spiro atoms. The lowest BCUT2D eigenvalue weighted by Crippen LogP contribution is -2.35. The van der Waals surface area contributed by atoms with Crippen LogP contribution in [0.3, 0.4) is 0 Å². The van der Waals surface area contributed by atoms with Crippen LogP contribution in [0.25, 0.3) is 11.1 Å². The van der Waals surface area contributed by atoms with Gasteiger partial charge in [-0.25, -0.2) is 4.79 Å². The van der Waals surface area contributed by atoms with Crippen molar-refractivity contribution in [3.8, 4) is 5.75 Å². The predicted octanol–water partition coefficient (Wildman–Crippen LogP) is 3.16. The normalized spacial score (nSPS) is 15.1. The maximum atomic E-state index is 12.7. The van der Waals surface area contributed by atoms with Gasteiger partial charge in [0.05, 0.1) is 12.6 Å². The maximum Gasteiger partial charge on any atom is 0.419 e. The van der Waals surface area contributed by atoms with E-state index in [2.05, 4.69) is 4.90 Å². The van der Waals surface area contributed by atoms with Crippen molar-refractivity contribution >= 4 is 17.0 Å². The first-order valence-electron chi connectivity index (χ1n) is 11.4. The van der Waals surface area contributed by atoms with Crippen molar-refractivity contribution in [2.24, 2.45) is 0 Å². The zero-order chi connectivity index (χ0) is 22.3. The van der Waals surface area contributed by atoms with Gasteiger partial charge in [0.15, 0.2) is 5.58 Å². The first kappa shape index (κ1) is 22.1. The van der Waals surface area contributed by atoms with Crippen LogP contribution in [-0.2, 0) is 17.8 Å². The molecule has 1 fully saturated rings. The lowest BCUT2D eigenvalue weighted by atomic mass is 10.1. The van der Waals surface area contributed by atoms with Crippen LogP contribution in [0.1, 0.15) is 24.8 Å². The number of hydrogen-bond donors (Lipinski definition) is 0. The number of ether oxygens (including phenoxy) is 1. The topological polar surface area (TPSA) is 67.9 Å².